The molecule has 0 aliphatic heterocycles. The third kappa shape index (κ3) is 6.56. The van der Waals surface area contributed by atoms with E-state index < -0.39 is 0 Å². The molecule has 14 rings (SSSR count). The number of fused-ring (bicyclic) bond motifs is 9. The van der Waals surface area contributed by atoms with E-state index in [0.29, 0.717) is 17.6 Å². The first-order valence-electron chi connectivity index (χ1n) is 23.2. The van der Waals surface area contributed by atoms with Crippen LogP contribution < -0.4 is 0 Å². The highest BCUT2D eigenvalue weighted by molar-refractivity contribution is 7.26. The van der Waals surface area contributed by atoms with E-state index in [0.717, 1.165) is 88.3 Å². The molecule has 0 bridgehead atoms. The summed E-state index contributed by atoms with van der Waals surface area (Å²) in [5, 5.41) is 6.95. The standard InChI is InChI=1S/C63H38N4OS/c1-3-16-39(17-4-1)46-36-53(44-23-14-21-42(35-44)41-20-13-22-43(34-41)47-27-15-28-52-51-26-9-12-31-58(51)69-60(47)52)59-54(37-46)48-24-7-10-29-55(48)67(59)63-65-61(40-18-5-2-6-19-40)64-62(66-63)45-32-33-50-49-25-8-11-30-56(49)68-57(50)38-45/h1-38H. The second-order valence-corrected chi connectivity index (χ2v) is 18.6. The predicted molar refractivity (Wildman–Crippen MR) is 287 cm³/mol. The van der Waals surface area contributed by atoms with Gasteiger partial charge in [-0.3, -0.25) is 4.57 Å². The smallest absolute Gasteiger partial charge is 0.238 e. The van der Waals surface area contributed by atoms with E-state index in [9.17, 15) is 0 Å². The molecular weight excluding hydrogens is 861 g/mol. The Bertz CT molecular complexity index is 4320. The molecular formula is C63H38N4OS. The van der Waals surface area contributed by atoms with Gasteiger partial charge in [0.25, 0.3) is 0 Å². The summed E-state index contributed by atoms with van der Waals surface area (Å²) in [5.74, 6) is 1.67. The Morgan fingerprint density at radius 3 is 1.72 bits per heavy atom. The summed E-state index contributed by atoms with van der Waals surface area (Å²) in [4.78, 5) is 15.9. The molecule has 0 unspecified atom stereocenters. The van der Waals surface area contributed by atoms with E-state index in [4.69, 9.17) is 19.4 Å². The molecule has 0 radical (unpaired) electrons. The molecule has 322 valence electrons. The van der Waals surface area contributed by atoms with Crippen molar-refractivity contribution in [1.82, 2.24) is 19.5 Å². The summed E-state index contributed by atoms with van der Waals surface area (Å²) in [6.07, 6.45) is 0. The van der Waals surface area contributed by atoms with Gasteiger partial charge in [0.05, 0.1) is 11.0 Å². The minimum Gasteiger partial charge on any atom is -0.456 e. The average molecular weight is 899 g/mol. The first-order chi connectivity index (χ1) is 34.2. The van der Waals surface area contributed by atoms with Gasteiger partial charge in [0.15, 0.2) is 11.6 Å². The summed E-state index contributed by atoms with van der Waals surface area (Å²) >= 11 is 1.87. The molecule has 0 N–H and O–H groups in total. The largest absolute Gasteiger partial charge is 0.456 e. The Morgan fingerprint density at radius 1 is 0.333 bits per heavy atom. The van der Waals surface area contributed by atoms with Gasteiger partial charge >= 0.3 is 0 Å². The molecule has 0 saturated heterocycles. The third-order valence-electron chi connectivity index (χ3n) is 13.5. The molecule has 14 aromatic rings. The number of hydrogen-bond acceptors (Lipinski definition) is 5. The van der Waals surface area contributed by atoms with Crippen molar-refractivity contribution >= 4 is 75.3 Å². The van der Waals surface area contributed by atoms with E-state index in [-0.39, 0.29) is 0 Å². The maximum atomic E-state index is 6.38. The third-order valence-corrected chi connectivity index (χ3v) is 14.7. The maximum absolute atomic E-state index is 6.38. The number of thiophene rings is 1. The minimum atomic E-state index is 0.530. The van der Waals surface area contributed by atoms with Crippen LogP contribution in [-0.2, 0) is 0 Å². The first-order valence-corrected chi connectivity index (χ1v) is 24.0. The molecule has 5 nitrogen and oxygen atoms in total. The van der Waals surface area contributed by atoms with E-state index >= 15 is 0 Å². The van der Waals surface area contributed by atoms with Crippen molar-refractivity contribution in [3.63, 3.8) is 0 Å². The zero-order chi connectivity index (χ0) is 45.4. The fourth-order valence-electron chi connectivity index (χ4n) is 10.2. The Kier molecular flexibility index (Phi) is 9.00. The maximum Gasteiger partial charge on any atom is 0.238 e. The lowest BCUT2D eigenvalue weighted by Crippen LogP contribution is -2.07. The van der Waals surface area contributed by atoms with Gasteiger partial charge in [0.1, 0.15) is 11.2 Å². The highest BCUT2D eigenvalue weighted by Crippen LogP contribution is 2.44. The second kappa shape index (κ2) is 15.8. The summed E-state index contributed by atoms with van der Waals surface area (Å²) in [6, 6.07) is 81.8. The van der Waals surface area contributed by atoms with Crippen molar-refractivity contribution < 1.29 is 4.42 Å². The van der Waals surface area contributed by atoms with E-state index in [1.54, 1.807) is 0 Å². The Labute approximate surface area is 400 Å². The van der Waals surface area contributed by atoms with Crippen LogP contribution in [0.4, 0.5) is 0 Å². The van der Waals surface area contributed by atoms with Gasteiger partial charge in [-0.15, -0.1) is 11.3 Å². The number of para-hydroxylation sites is 2. The number of benzene rings is 10. The lowest BCUT2D eigenvalue weighted by atomic mass is 9.93. The van der Waals surface area contributed by atoms with Gasteiger partial charge in [0, 0.05) is 58.4 Å². The molecule has 69 heavy (non-hydrogen) atoms. The van der Waals surface area contributed by atoms with Gasteiger partial charge in [0.2, 0.25) is 5.95 Å². The number of aromatic nitrogens is 4. The SMILES string of the molecule is c1ccc(-c2cc(-c3cccc(-c4cccc(-c5cccc6c5sc5ccccc56)c4)c3)c3c(c2)c2ccccc2n3-c2nc(-c3ccccc3)nc(-c3ccc4c(c3)oc3ccccc34)n2)cc1. The van der Waals surface area contributed by atoms with E-state index in [1.807, 2.05) is 47.7 Å². The zero-order valence-electron chi connectivity index (χ0n) is 37.0. The summed E-state index contributed by atoms with van der Waals surface area (Å²) < 4.78 is 11.2. The topological polar surface area (TPSA) is 56.7 Å². The highest BCUT2D eigenvalue weighted by atomic mass is 32.1. The fourth-order valence-corrected chi connectivity index (χ4v) is 11.4. The van der Waals surface area contributed by atoms with Crippen LogP contribution in [0.3, 0.4) is 0 Å². The second-order valence-electron chi connectivity index (χ2n) is 17.5. The molecule has 0 atom stereocenters. The van der Waals surface area contributed by atoms with Crippen LogP contribution in [0.15, 0.2) is 235 Å². The number of hydrogen-bond donors (Lipinski definition) is 0. The van der Waals surface area contributed by atoms with Crippen molar-refractivity contribution in [2.75, 3.05) is 0 Å². The summed E-state index contributed by atoms with van der Waals surface area (Å²) in [7, 11) is 0. The number of furan rings is 1. The normalized spacial score (nSPS) is 11.8. The van der Waals surface area contributed by atoms with Gasteiger partial charge in [-0.1, -0.05) is 176 Å². The van der Waals surface area contributed by atoms with Crippen LogP contribution in [0, 0.1) is 0 Å². The van der Waals surface area contributed by atoms with Gasteiger partial charge < -0.3 is 4.42 Å². The van der Waals surface area contributed by atoms with E-state index in [1.165, 1.54) is 31.3 Å². The molecule has 0 fully saturated rings. The quantitative estimate of drug-likeness (QED) is 0.160. The molecule has 0 aliphatic rings. The Balaban J connectivity index is 0.990. The molecule has 4 aromatic heterocycles. The number of rotatable bonds is 7. The first kappa shape index (κ1) is 39.2. The lowest BCUT2D eigenvalue weighted by Gasteiger charge is -2.15. The van der Waals surface area contributed by atoms with Crippen molar-refractivity contribution in [2.24, 2.45) is 0 Å². The van der Waals surface area contributed by atoms with Crippen LogP contribution in [0.1, 0.15) is 0 Å². The Hall–Kier alpha value is -8.97. The van der Waals surface area contributed by atoms with Crippen LogP contribution >= 0.6 is 11.3 Å². The lowest BCUT2D eigenvalue weighted by molar-refractivity contribution is 0.669. The average Bonchev–Trinajstić information content (AvgIpc) is 4.11. The van der Waals surface area contributed by atoms with Gasteiger partial charge in [-0.05, 0) is 93.5 Å². The summed E-state index contributed by atoms with van der Waals surface area (Å²) in [6.45, 7) is 0. The molecule has 0 spiro atoms. The molecule has 0 saturated carbocycles. The minimum absolute atomic E-state index is 0.530. The van der Waals surface area contributed by atoms with Gasteiger partial charge in [-0.25, -0.2) is 4.98 Å². The molecule has 4 heterocycles. The van der Waals surface area contributed by atoms with Crippen LogP contribution in [0.25, 0.3) is 137 Å². The Morgan fingerprint density at radius 2 is 0.928 bits per heavy atom. The fraction of sp³-hybridized carbons (Fsp3) is 0. The molecule has 6 heteroatoms. The van der Waals surface area contributed by atoms with Crippen LogP contribution in [0.5, 0.6) is 0 Å². The van der Waals surface area contributed by atoms with Gasteiger partial charge in [-0.2, -0.15) is 9.97 Å². The van der Waals surface area contributed by atoms with Crippen LogP contribution in [-0.4, -0.2) is 19.5 Å². The zero-order valence-corrected chi connectivity index (χ0v) is 37.9. The molecule has 10 aromatic carbocycles. The van der Waals surface area contributed by atoms with Crippen molar-refractivity contribution in [2.45, 2.75) is 0 Å². The molecule has 0 aliphatic carbocycles. The van der Waals surface area contributed by atoms with Crippen molar-refractivity contribution in [1.29, 1.82) is 0 Å². The van der Waals surface area contributed by atoms with E-state index in [2.05, 4.69) is 199 Å². The summed E-state index contributed by atoms with van der Waals surface area (Å²) in [5.41, 5.74) is 14.6. The van der Waals surface area contributed by atoms with Crippen LogP contribution in [0.2, 0.25) is 0 Å². The molecule has 0 amide bonds. The highest BCUT2D eigenvalue weighted by Gasteiger charge is 2.23. The predicted octanol–water partition coefficient (Wildman–Crippen LogP) is 17.2. The monoisotopic (exact) mass is 898 g/mol. The van der Waals surface area contributed by atoms with Crippen molar-refractivity contribution in [3.05, 3.63) is 231 Å². The van der Waals surface area contributed by atoms with Crippen molar-refractivity contribution in [3.8, 4) is 73.2 Å². The number of nitrogens with zero attached hydrogens (tertiary/aromatic N) is 4.